The van der Waals surface area contributed by atoms with Gasteiger partial charge in [-0.25, -0.2) is 0 Å². The quantitative estimate of drug-likeness (QED) is 0.627. The second kappa shape index (κ2) is 8.13. The van der Waals surface area contributed by atoms with Crippen molar-refractivity contribution in [3.8, 4) is 0 Å². The largest absolute Gasteiger partial charge is 0.466 e. The number of carbonyl (C=O) groups is 2. The number of esters is 1. The van der Waals surface area contributed by atoms with Gasteiger partial charge in [0.15, 0.2) is 0 Å². The van der Waals surface area contributed by atoms with Crippen molar-refractivity contribution in [2.45, 2.75) is 53.0 Å². The second-order valence-electron chi connectivity index (χ2n) is 3.74. The van der Waals surface area contributed by atoms with Crippen LogP contribution in [0.4, 0.5) is 0 Å². The third-order valence-corrected chi connectivity index (χ3v) is 2.63. The maximum atomic E-state index is 11.8. The van der Waals surface area contributed by atoms with Gasteiger partial charge in [0.25, 0.3) is 0 Å². The third-order valence-electron chi connectivity index (χ3n) is 2.63. The summed E-state index contributed by atoms with van der Waals surface area (Å²) < 4.78 is 4.78. The normalized spacial score (nSPS) is 12.0. The average molecular weight is 229 g/mol. The highest BCUT2D eigenvalue weighted by Gasteiger charge is 2.17. The van der Waals surface area contributed by atoms with Gasteiger partial charge in [-0.15, -0.1) is 0 Å². The highest BCUT2D eigenvalue weighted by molar-refractivity contribution is 5.81. The zero-order valence-corrected chi connectivity index (χ0v) is 10.8. The van der Waals surface area contributed by atoms with Crippen LogP contribution in [0.25, 0.3) is 0 Å². The molecule has 0 N–H and O–H groups in total. The van der Waals surface area contributed by atoms with E-state index in [-0.39, 0.29) is 30.8 Å². The molecule has 4 heteroatoms. The fourth-order valence-corrected chi connectivity index (χ4v) is 1.54. The smallest absolute Gasteiger partial charge is 0.306 e. The van der Waals surface area contributed by atoms with Crippen LogP contribution in [-0.2, 0) is 14.3 Å². The average Bonchev–Trinajstić information content (AvgIpc) is 2.27. The zero-order valence-electron chi connectivity index (χ0n) is 10.8. The van der Waals surface area contributed by atoms with Crippen LogP contribution in [0, 0.1) is 0 Å². The molecule has 94 valence electrons. The molecule has 0 rings (SSSR count). The summed E-state index contributed by atoms with van der Waals surface area (Å²) in [5.74, 6) is -0.263. The first-order valence-corrected chi connectivity index (χ1v) is 6.01. The Morgan fingerprint density at radius 2 is 1.81 bits per heavy atom. The Morgan fingerprint density at radius 1 is 1.19 bits per heavy atom. The van der Waals surface area contributed by atoms with Crippen LogP contribution < -0.4 is 0 Å². The fourth-order valence-electron chi connectivity index (χ4n) is 1.54. The highest BCUT2D eigenvalue weighted by Crippen LogP contribution is 2.07. The number of amides is 1. The van der Waals surface area contributed by atoms with Gasteiger partial charge in [0.05, 0.1) is 13.0 Å². The van der Waals surface area contributed by atoms with Gasteiger partial charge in [-0.3, -0.25) is 9.59 Å². The standard InChI is InChI=1S/C12H23NO3/c1-5-10(4)13(6-2)11(14)8-9-12(15)16-7-3/h10H,5-9H2,1-4H3. The predicted molar refractivity (Wildman–Crippen MR) is 63.0 cm³/mol. The summed E-state index contributed by atoms with van der Waals surface area (Å²) in [6.07, 6.45) is 1.36. The van der Waals surface area contributed by atoms with E-state index in [1.54, 1.807) is 11.8 Å². The molecule has 1 atom stereocenters. The molecule has 1 amide bonds. The van der Waals surface area contributed by atoms with E-state index in [1.165, 1.54) is 0 Å². The Bertz CT molecular complexity index is 228. The summed E-state index contributed by atoms with van der Waals surface area (Å²) in [5, 5.41) is 0. The maximum absolute atomic E-state index is 11.8. The van der Waals surface area contributed by atoms with Gasteiger partial charge < -0.3 is 9.64 Å². The molecule has 0 aromatic heterocycles. The van der Waals surface area contributed by atoms with Crippen molar-refractivity contribution in [1.82, 2.24) is 4.90 Å². The summed E-state index contributed by atoms with van der Waals surface area (Å²) in [5.41, 5.74) is 0. The fraction of sp³-hybridized carbons (Fsp3) is 0.833. The first-order chi connectivity index (χ1) is 7.56. The van der Waals surface area contributed by atoms with Gasteiger partial charge in [0.2, 0.25) is 5.91 Å². The van der Waals surface area contributed by atoms with Crippen LogP contribution in [-0.4, -0.2) is 36.0 Å². The van der Waals surface area contributed by atoms with Gasteiger partial charge in [-0.2, -0.15) is 0 Å². The van der Waals surface area contributed by atoms with Gasteiger partial charge in [-0.1, -0.05) is 6.92 Å². The number of hydrogen-bond acceptors (Lipinski definition) is 3. The Kier molecular flexibility index (Phi) is 7.60. The van der Waals surface area contributed by atoms with Crippen molar-refractivity contribution in [3.63, 3.8) is 0 Å². The Morgan fingerprint density at radius 3 is 2.25 bits per heavy atom. The van der Waals surface area contributed by atoms with Gasteiger partial charge >= 0.3 is 5.97 Å². The number of rotatable bonds is 7. The molecular weight excluding hydrogens is 206 g/mol. The maximum Gasteiger partial charge on any atom is 0.306 e. The Labute approximate surface area is 98.0 Å². The van der Waals surface area contributed by atoms with Crippen LogP contribution in [0.2, 0.25) is 0 Å². The third kappa shape index (κ3) is 5.14. The lowest BCUT2D eigenvalue weighted by Gasteiger charge is -2.27. The minimum absolute atomic E-state index is 0.0323. The molecule has 0 saturated carbocycles. The highest BCUT2D eigenvalue weighted by atomic mass is 16.5. The van der Waals surface area contributed by atoms with Crippen molar-refractivity contribution in [2.75, 3.05) is 13.2 Å². The summed E-state index contributed by atoms with van der Waals surface area (Å²) >= 11 is 0. The summed E-state index contributed by atoms with van der Waals surface area (Å²) in [7, 11) is 0. The molecular formula is C12H23NO3. The zero-order chi connectivity index (χ0) is 12.6. The van der Waals surface area contributed by atoms with Crippen LogP contribution in [0.1, 0.15) is 47.0 Å². The molecule has 0 aromatic rings. The van der Waals surface area contributed by atoms with Crippen LogP contribution in [0.15, 0.2) is 0 Å². The van der Waals surface area contributed by atoms with E-state index >= 15 is 0 Å². The van der Waals surface area contributed by atoms with Crippen molar-refractivity contribution in [3.05, 3.63) is 0 Å². The molecule has 0 aliphatic carbocycles. The molecule has 0 saturated heterocycles. The molecule has 0 spiro atoms. The number of hydrogen-bond donors (Lipinski definition) is 0. The lowest BCUT2D eigenvalue weighted by Crippen LogP contribution is -2.38. The number of carbonyl (C=O) groups excluding carboxylic acids is 2. The monoisotopic (exact) mass is 229 g/mol. The minimum atomic E-state index is -0.295. The molecule has 0 radical (unpaired) electrons. The van der Waals surface area contributed by atoms with Gasteiger partial charge in [-0.05, 0) is 27.2 Å². The molecule has 1 unspecified atom stereocenters. The minimum Gasteiger partial charge on any atom is -0.466 e. The second-order valence-corrected chi connectivity index (χ2v) is 3.74. The van der Waals surface area contributed by atoms with Gasteiger partial charge in [0.1, 0.15) is 0 Å². The van der Waals surface area contributed by atoms with Gasteiger partial charge in [0, 0.05) is 19.0 Å². The summed E-state index contributed by atoms with van der Waals surface area (Å²) in [6.45, 7) is 8.84. The summed E-state index contributed by atoms with van der Waals surface area (Å²) in [6, 6.07) is 0.236. The van der Waals surface area contributed by atoms with E-state index in [4.69, 9.17) is 4.74 Å². The molecule has 0 bridgehead atoms. The van der Waals surface area contributed by atoms with Crippen molar-refractivity contribution in [2.24, 2.45) is 0 Å². The van der Waals surface area contributed by atoms with Crippen LogP contribution >= 0.6 is 0 Å². The molecule has 0 aromatic carbocycles. The van der Waals surface area contributed by atoms with Crippen molar-refractivity contribution >= 4 is 11.9 Å². The van der Waals surface area contributed by atoms with Crippen molar-refractivity contribution < 1.29 is 14.3 Å². The molecule has 0 aliphatic heterocycles. The van der Waals surface area contributed by atoms with Crippen molar-refractivity contribution in [1.29, 1.82) is 0 Å². The Hall–Kier alpha value is -1.06. The van der Waals surface area contributed by atoms with E-state index in [2.05, 4.69) is 0 Å². The number of nitrogens with zero attached hydrogens (tertiary/aromatic N) is 1. The van der Waals surface area contributed by atoms with E-state index < -0.39 is 0 Å². The first-order valence-electron chi connectivity index (χ1n) is 6.01. The topological polar surface area (TPSA) is 46.6 Å². The van der Waals surface area contributed by atoms with Crippen LogP contribution in [0.5, 0.6) is 0 Å². The lowest BCUT2D eigenvalue weighted by atomic mass is 10.2. The molecule has 16 heavy (non-hydrogen) atoms. The molecule has 4 nitrogen and oxygen atoms in total. The Balaban J connectivity index is 4.07. The SMILES string of the molecule is CCOC(=O)CCC(=O)N(CC)C(C)CC. The lowest BCUT2D eigenvalue weighted by molar-refractivity contribution is -0.146. The van der Waals surface area contributed by atoms with E-state index in [9.17, 15) is 9.59 Å². The van der Waals surface area contributed by atoms with E-state index in [0.29, 0.717) is 13.2 Å². The van der Waals surface area contributed by atoms with E-state index in [0.717, 1.165) is 6.42 Å². The molecule has 0 heterocycles. The summed E-state index contributed by atoms with van der Waals surface area (Å²) in [4.78, 5) is 24.7. The van der Waals surface area contributed by atoms with Crippen LogP contribution in [0.3, 0.4) is 0 Å². The first kappa shape index (κ1) is 14.9. The predicted octanol–water partition coefficient (Wildman–Crippen LogP) is 1.98. The molecule has 0 aliphatic rings. The number of ether oxygens (including phenoxy) is 1. The molecule has 0 fully saturated rings. The van der Waals surface area contributed by atoms with E-state index in [1.807, 2.05) is 20.8 Å².